The van der Waals surface area contributed by atoms with Gasteiger partial charge in [0.15, 0.2) is 23.2 Å². The van der Waals surface area contributed by atoms with Gasteiger partial charge < -0.3 is 9.47 Å². The standard InChI is InChI=1S/C31H32F6O2/c1-3-38-24-15-11-20(12-16-24)19-5-7-21(8-6-19)25-17-13-23(28(32)29(25)33)10-9-22-14-18-26(39-4-2)30(34)27(22)31(35,36)37/h5-8,13-14,17-18,20,24H,3-4,9-12,15-16H2,1-2H3. The van der Waals surface area contributed by atoms with Crippen LogP contribution in [0.5, 0.6) is 5.75 Å². The lowest BCUT2D eigenvalue weighted by atomic mass is 9.82. The minimum atomic E-state index is -4.96. The first-order chi connectivity index (χ1) is 18.6. The van der Waals surface area contributed by atoms with E-state index in [9.17, 15) is 22.0 Å². The second-order valence-corrected chi connectivity index (χ2v) is 9.79. The summed E-state index contributed by atoms with van der Waals surface area (Å²) >= 11 is 0. The molecule has 0 unspecified atom stereocenters. The molecule has 0 amide bonds. The van der Waals surface area contributed by atoms with Crippen LogP contribution in [-0.4, -0.2) is 19.3 Å². The Balaban J connectivity index is 1.49. The molecule has 4 rings (SSSR count). The van der Waals surface area contributed by atoms with Crippen molar-refractivity contribution in [3.05, 3.63) is 88.2 Å². The van der Waals surface area contributed by atoms with Crippen LogP contribution in [0.15, 0.2) is 48.5 Å². The molecular formula is C31H32F6O2. The Bertz CT molecular complexity index is 1260. The molecule has 0 aliphatic heterocycles. The lowest BCUT2D eigenvalue weighted by Crippen LogP contribution is -2.20. The van der Waals surface area contributed by atoms with Gasteiger partial charge in [0.05, 0.1) is 18.3 Å². The Morgan fingerprint density at radius 1 is 0.718 bits per heavy atom. The SMILES string of the molecule is CCOc1ccc(CCc2ccc(-c3ccc(C4CCC(OCC)CC4)cc3)c(F)c2F)c(C(F)(F)F)c1F. The summed E-state index contributed by atoms with van der Waals surface area (Å²) in [5, 5.41) is 0. The number of alkyl halides is 3. The molecule has 1 aliphatic rings. The third-order valence-corrected chi connectivity index (χ3v) is 7.37. The molecule has 0 heterocycles. The van der Waals surface area contributed by atoms with Crippen LogP contribution in [-0.2, 0) is 23.8 Å². The minimum Gasteiger partial charge on any atom is -0.491 e. The first kappa shape index (κ1) is 29.0. The molecule has 3 aromatic rings. The van der Waals surface area contributed by atoms with Crippen molar-refractivity contribution in [2.45, 2.75) is 70.6 Å². The van der Waals surface area contributed by atoms with Crippen molar-refractivity contribution in [2.75, 3.05) is 13.2 Å². The van der Waals surface area contributed by atoms with Gasteiger partial charge in [0.2, 0.25) is 0 Å². The Morgan fingerprint density at radius 2 is 1.36 bits per heavy atom. The molecule has 0 bridgehead atoms. The zero-order chi connectivity index (χ0) is 28.2. The molecule has 1 fully saturated rings. The normalized spacial score (nSPS) is 17.8. The van der Waals surface area contributed by atoms with Gasteiger partial charge in [-0.1, -0.05) is 42.5 Å². The van der Waals surface area contributed by atoms with Crippen molar-refractivity contribution in [3.8, 4) is 16.9 Å². The van der Waals surface area contributed by atoms with E-state index in [4.69, 9.17) is 9.47 Å². The smallest absolute Gasteiger partial charge is 0.419 e. The van der Waals surface area contributed by atoms with Crippen LogP contribution in [0.2, 0.25) is 0 Å². The minimum absolute atomic E-state index is 0.00258. The number of ether oxygens (including phenoxy) is 2. The molecule has 39 heavy (non-hydrogen) atoms. The average Bonchev–Trinajstić information content (AvgIpc) is 2.91. The molecule has 0 saturated heterocycles. The molecular weight excluding hydrogens is 518 g/mol. The third kappa shape index (κ3) is 6.60. The molecule has 2 nitrogen and oxygen atoms in total. The summed E-state index contributed by atoms with van der Waals surface area (Å²) in [6, 6.07) is 12.4. The number of hydrogen-bond acceptors (Lipinski definition) is 2. The van der Waals surface area contributed by atoms with Crippen molar-refractivity contribution >= 4 is 0 Å². The highest BCUT2D eigenvalue weighted by Gasteiger charge is 2.38. The fourth-order valence-electron chi connectivity index (χ4n) is 5.39. The summed E-state index contributed by atoms with van der Waals surface area (Å²) < 4.78 is 96.1. The second kappa shape index (κ2) is 12.5. The van der Waals surface area contributed by atoms with E-state index in [2.05, 4.69) is 0 Å². The van der Waals surface area contributed by atoms with Crippen LogP contribution in [0.1, 0.15) is 67.7 Å². The van der Waals surface area contributed by atoms with Gasteiger partial charge in [-0.15, -0.1) is 0 Å². The van der Waals surface area contributed by atoms with Gasteiger partial charge in [-0.25, -0.2) is 13.2 Å². The highest BCUT2D eigenvalue weighted by Crippen LogP contribution is 2.39. The van der Waals surface area contributed by atoms with Crippen LogP contribution in [0, 0.1) is 17.5 Å². The predicted octanol–water partition coefficient (Wildman–Crippen LogP) is 9.04. The molecule has 0 radical (unpaired) electrons. The van der Waals surface area contributed by atoms with Gasteiger partial charge >= 0.3 is 6.18 Å². The highest BCUT2D eigenvalue weighted by molar-refractivity contribution is 5.65. The van der Waals surface area contributed by atoms with Crippen LogP contribution in [0.3, 0.4) is 0 Å². The largest absolute Gasteiger partial charge is 0.491 e. The quantitative estimate of drug-likeness (QED) is 0.248. The number of hydrogen-bond donors (Lipinski definition) is 0. The summed E-state index contributed by atoms with van der Waals surface area (Å²) in [7, 11) is 0. The van der Waals surface area contributed by atoms with Crippen molar-refractivity contribution in [2.24, 2.45) is 0 Å². The van der Waals surface area contributed by atoms with E-state index < -0.39 is 34.9 Å². The zero-order valence-corrected chi connectivity index (χ0v) is 22.0. The monoisotopic (exact) mass is 550 g/mol. The van der Waals surface area contributed by atoms with Gasteiger partial charge in [-0.05, 0) is 86.6 Å². The molecule has 0 atom stereocenters. The summed E-state index contributed by atoms with van der Waals surface area (Å²) in [5.74, 6) is -3.79. The fraction of sp³-hybridized carbons (Fsp3) is 0.419. The predicted molar refractivity (Wildman–Crippen MR) is 138 cm³/mol. The number of halogens is 6. The summed E-state index contributed by atoms with van der Waals surface area (Å²) in [5.41, 5.74) is -0.144. The Labute approximate surface area is 225 Å². The van der Waals surface area contributed by atoms with Crippen molar-refractivity contribution in [1.29, 1.82) is 0 Å². The molecule has 8 heteroatoms. The Kier molecular flexibility index (Phi) is 9.26. The molecule has 0 spiro atoms. The number of benzene rings is 3. The van der Waals surface area contributed by atoms with Gasteiger partial charge in [0.25, 0.3) is 0 Å². The highest BCUT2D eigenvalue weighted by atomic mass is 19.4. The number of aryl methyl sites for hydroxylation is 2. The zero-order valence-electron chi connectivity index (χ0n) is 22.0. The first-order valence-corrected chi connectivity index (χ1v) is 13.3. The maximum Gasteiger partial charge on any atom is 0.419 e. The molecule has 0 aromatic heterocycles. The van der Waals surface area contributed by atoms with Crippen molar-refractivity contribution in [1.82, 2.24) is 0 Å². The van der Waals surface area contributed by atoms with Crippen molar-refractivity contribution in [3.63, 3.8) is 0 Å². The van der Waals surface area contributed by atoms with Crippen molar-refractivity contribution < 1.29 is 35.8 Å². The lowest BCUT2D eigenvalue weighted by molar-refractivity contribution is -0.140. The van der Waals surface area contributed by atoms with Crippen LogP contribution < -0.4 is 4.74 Å². The van der Waals surface area contributed by atoms with Gasteiger partial charge in [0.1, 0.15) is 0 Å². The van der Waals surface area contributed by atoms with Gasteiger partial charge in [-0.3, -0.25) is 0 Å². The maximum atomic E-state index is 15.1. The second-order valence-electron chi connectivity index (χ2n) is 9.79. The van der Waals surface area contributed by atoms with E-state index in [-0.39, 0.29) is 36.1 Å². The molecule has 1 aliphatic carbocycles. The first-order valence-electron chi connectivity index (χ1n) is 13.3. The average molecular weight is 551 g/mol. The molecule has 210 valence electrons. The Morgan fingerprint density at radius 3 is 1.97 bits per heavy atom. The maximum absolute atomic E-state index is 15.1. The molecule has 0 N–H and O–H groups in total. The van der Waals surface area contributed by atoms with E-state index >= 15 is 4.39 Å². The van der Waals surface area contributed by atoms with E-state index in [1.807, 2.05) is 19.1 Å². The van der Waals surface area contributed by atoms with Gasteiger partial charge in [-0.2, -0.15) is 13.2 Å². The molecule has 3 aromatic carbocycles. The lowest BCUT2D eigenvalue weighted by Gasteiger charge is -2.28. The van der Waals surface area contributed by atoms with E-state index in [0.717, 1.165) is 43.4 Å². The Hall–Kier alpha value is -3.00. The van der Waals surface area contributed by atoms with Crippen LogP contribution >= 0.6 is 0 Å². The summed E-state index contributed by atoms with van der Waals surface area (Å²) in [6.07, 6.45) is -1.21. The van der Waals surface area contributed by atoms with Crippen LogP contribution in [0.25, 0.3) is 11.1 Å². The van der Waals surface area contributed by atoms with E-state index in [1.54, 1.807) is 12.1 Å². The summed E-state index contributed by atoms with van der Waals surface area (Å²) in [6.45, 7) is 4.24. The van der Waals surface area contributed by atoms with Crippen LogP contribution in [0.4, 0.5) is 26.3 Å². The number of rotatable bonds is 9. The third-order valence-electron chi connectivity index (χ3n) is 7.37. The fourth-order valence-corrected chi connectivity index (χ4v) is 5.39. The van der Waals surface area contributed by atoms with E-state index in [0.29, 0.717) is 24.2 Å². The molecule has 1 saturated carbocycles. The van der Waals surface area contributed by atoms with Gasteiger partial charge in [0, 0.05) is 12.2 Å². The summed E-state index contributed by atoms with van der Waals surface area (Å²) in [4.78, 5) is 0. The van der Waals surface area contributed by atoms with E-state index in [1.165, 1.54) is 19.1 Å². The topological polar surface area (TPSA) is 18.5 Å².